The van der Waals surface area contributed by atoms with Gasteiger partial charge in [0.05, 0.1) is 12.2 Å². The molecule has 1 aliphatic carbocycles. The summed E-state index contributed by atoms with van der Waals surface area (Å²) < 4.78 is 18.8. The fourth-order valence-electron chi connectivity index (χ4n) is 4.68. The number of carbonyl (C=O) groups is 1. The molecule has 1 aliphatic heterocycles. The summed E-state index contributed by atoms with van der Waals surface area (Å²) in [6.45, 7) is 3.49. The van der Waals surface area contributed by atoms with Gasteiger partial charge in [0, 0.05) is 30.0 Å². The van der Waals surface area contributed by atoms with Gasteiger partial charge >= 0.3 is 0 Å². The molecule has 150 valence electrons. The van der Waals surface area contributed by atoms with Gasteiger partial charge in [-0.1, -0.05) is 31.3 Å². The van der Waals surface area contributed by atoms with E-state index < -0.39 is 0 Å². The van der Waals surface area contributed by atoms with Crippen LogP contribution < -0.4 is 0 Å². The second-order valence-electron chi connectivity index (χ2n) is 8.31. The number of nitrogens with zero attached hydrogens (tertiary/aromatic N) is 2. The van der Waals surface area contributed by atoms with Gasteiger partial charge in [0.15, 0.2) is 5.76 Å². The molecule has 2 aromatic rings. The molecule has 0 saturated heterocycles. The molecule has 1 aromatic carbocycles. The van der Waals surface area contributed by atoms with Gasteiger partial charge in [-0.15, -0.1) is 0 Å². The van der Waals surface area contributed by atoms with Crippen LogP contribution in [-0.4, -0.2) is 22.5 Å². The first-order valence-corrected chi connectivity index (χ1v) is 10.7. The molecular formula is C23H29FN2O2. The van der Waals surface area contributed by atoms with Crippen molar-refractivity contribution in [1.82, 2.24) is 10.1 Å². The maximum atomic E-state index is 13.2. The minimum Gasteiger partial charge on any atom is -0.356 e. The number of rotatable bonds is 5. The zero-order valence-corrected chi connectivity index (χ0v) is 16.6. The van der Waals surface area contributed by atoms with Gasteiger partial charge in [-0.25, -0.2) is 4.39 Å². The van der Waals surface area contributed by atoms with Crippen molar-refractivity contribution in [2.75, 3.05) is 6.54 Å². The molecule has 0 N–H and O–H groups in total. The molecule has 0 bridgehead atoms. The van der Waals surface area contributed by atoms with E-state index in [1.54, 1.807) is 12.1 Å². The third-order valence-electron chi connectivity index (χ3n) is 6.42. The second-order valence-corrected chi connectivity index (χ2v) is 8.31. The van der Waals surface area contributed by atoms with Crippen molar-refractivity contribution >= 4 is 5.91 Å². The van der Waals surface area contributed by atoms with Gasteiger partial charge < -0.3 is 9.42 Å². The Kier molecular flexibility index (Phi) is 5.79. The Morgan fingerprint density at radius 2 is 1.96 bits per heavy atom. The Bertz CT molecular complexity index is 807. The molecule has 0 spiro atoms. The summed E-state index contributed by atoms with van der Waals surface area (Å²) in [4.78, 5) is 15.1. The molecule has 4 rings (SSSR count). The zero-order valence-electron chi connectivity index (χ0n) is 16.6. The molecule has 1 saturated carbocycles. The molecule has 2 heterocycles. The van der Waals surface area contributed by atoms with Crippen LogP contribution in [0.3, 0.4) is 0 Å². The zero-order chi connectivity index (χ0) is 19.5. The van der Waals surface area contributed by atoms with Crippen molar-refractivity contribution in [3.63, 3.8) is 0 Å². The van der Waals surface area contributed by atoms with Gasteiger partial charge in [-0.2, -0.15) is 0 Å². The number of benzene rings is 1. The van der Waals surface area contributed by atoms with E-state index in [1.807, 2.05) is 4.90 Å². The van der Waals surface area contributed by atoms with Gasteiger partial charge in [-0.3, -0.25) is 4.79 Å². The first kappa shape index (κ1) is 19.2. The summed E-state index contributed by atoms with van der Waals surface area (Å²) in [5.41, 5.74) is 2.70. The van der Waals surface area contributed by atoms with Crippen LogP contribution in [0.1, 0.15) is 63.1 Å². The molecule has 28 heavy (non-hydrogen) atoms. The van der Waals surface area contributed by atoms with Crippen LogP contribution in [0, 0.1) is 17.7 Å². The molecule has 1 amide bonds. The summed E-state index contributed by atoms with van der Waals surface area (Å²) in [5.74, 6) is 1.64. The summed E-state index contributed by atoms with van der Waals surface area (Å²) in [5, 5.41) is 4.19. The topological polar surface area (TPSA) is 46.3 Å². The molecule has 0 unspecified atom stereocenters. The van der Waals surface area contributed by atoms with Crippen molar-refractivity contribution in [2.45, 2.75) is 64.8 Å². The Balaban J connectivity index is 1.42. The van der Waals surface area contributed by atoms with Crippen molar-refractivity contribution in [2.24, 2.45) is 11.8 Å². The minimum atomic E-state index is -0.275. The quantitative estimate of drug-likeness (QED) is 0.697. The number of hydrogen-bond acceptors (Lipinski definition) is 3. The largest absolute Gasteiger partial charge is 0.356 e. The highest BCUT2D eigenvalue weighted by Crippen LogP contribution is 2.35. The lowest BCUT2D eigenvalue weighted by Crippen LogP contribution is -2.40. The van der Waals surface area contributed by atoms with Gasteiger partial charge in [-0.05, 0) is 55.9 Å². The van der Waals surface area contributed by atoms with Crippen molar-refractivity contribution in [1.29, 1.82) is 0 Å². The first-order chi connectivity index (χ1) is 13.7. The van der Waals surface area contributed by atoms with E-state index in [2.05, 4.69) is 12.1 Å². The van der Waals surface area contributed by atoms with Crippen LogP contribution >= 0.6 is 0 Å². The number of aromatic nitrogens is 1. The highest BCUT2D eigenvalue weighted by atomic mass is 19.1. The van der Waals surface area contributed by atoms with Gasteiger partial charge in [0.25, 0.3) is 0 Å². The molecule has 0 radical (unpaired) electrons. The molecule has 1 fully saturated rings. The number of halogens is 1. The molecule has 2 aliphatic rings. The predicted octanol–water partition coefficient (Wildman–Crippen LogP) is 5.36. The van der Waals surface area contributed by atoms with Crippen LogP contribution in [0.2, 0.25) is 0 Å². The van der Waals surface area contributed by atoms with Gasteiger partial charge in [0.2, 0.25) is 5.91 Å². The molecule has 4 nitrogen and oxygen atoms in total. The lowest BCUT2D eigenvalue weighted by molar-refractivity contribution is -0.137. The Morgan fingerprint density at radius 1 is 1.21 bits per heavy atom. The van der Waals surface area contributed by atoms with E-state index in [1.165, 1.54) is 44.2 Å². The monoisotopic (exact) mass is 384 g/mol. The Hall–Kier alpha value is -2.17. The average Bonchev–Trinajstić information content (AvgIpc) is 3.16. The van der Waals surface area contributed by atoms with E-state index >= 15 is 0 Å². The third-order valence-corrected chi connectivity index (χ3v) is 6.42. The standard InChI is InChI=1S/C23H29FN2O2/c1-2-3-4-16-5-7-18(8-6-16)23(27)26-14-13-21-20(15-26)22(28-25-21)17-9-11-19(24)12-10-17/h9-12,16,18H,2-8,13-15H2,1H3. The molecule has 5 heteroatoms. The van der Waals surface area contributed by atoms with Crippen molar-refractivity contribution in [3.8, 4) is 11.3 Å². The number of amides is 1. The number of fused-ring (bicyclic) bond motifs is 1. The predicted molar refractivity (Wildman–Crippen MR) is 106 cm³/mol. The van der Waals surface area contributed by atoms with E-state index in [9.17, 15) is 9.18 Å². The fourth-order valence-corrected chi connectivity index (χ4v) is 4.68. The van der Waals surface area contributed by atoms with E-state index in [4.69, 9.17) is 4.52 Å². The molecule has 1 aromatic heterocycles. The Morgan fingerprint density at radius 3 is 2.68 bits per heavy atom. The second kappa shape index (κ2) is 8.46. The van der Waals surface area contributed by atoms with Crippen LogP contribution in [-0.2, 0) is 17.8 Å². The highest BCUT2D eigenvalue weighted by molar-refractivity contribution is 5.79. The SMILES string of the molecule is CCCCC1CCC(C(=O)N2CCc3noc(-c4ccc(F)cc4)c3C2)CC1. The Labute approximate surface area is 166 Å². The number of hydrogen-bond donors (Lipinski definition) is 0. The summed E-state index contributed by atoms with van der Waals surface area (Å²) in [6.07, 6.45) is 9.00. The van der Waals surface area contributed by atoms with E-state index in [0.29, 0.717) is 18.8 Å². The maximum absolute atomic E-state index is 13.2. The number of unbranched alkanes of at least 4 members (excludes halogenated alkanes) is 1. The van der Waals surface area contributed by atoms with E-state index in [0.717, 1.165) is 42.0 Å². The lowest BCUT2D eigenvalue weighted by atomic mass is 9.79. The summed E-state index contributed by atoms with van der Waals surface area (Å²) in [6, 6.07) is 6.25. The maximum Gasteiger partial charge on any atom is 0.225 e. The third kappa shape index (κ3) is 3.98. The van der Waals surface area contributed by atoms with Crippen LogP contribution in [0.4, 0.5) is 4.39 Å². The minimum absolute atomic E-state index is 0.161. The fraction of sp³-hybridized carbons (Fsp3) is 0.565. The van der Waals surface area contributed by atoms with Crippen molar-refractivity contribution < 1.29 is 13.7 Å². The van der Waals surface area contributed by atoms with Crippen LogP contribution in [0.25, 0.3) is 11.3 Å². The molecule has 0 atom stereocenters. The lowest BCUT2D eigenvalue weighted by Gasteiger charge is -2.33. The van der Waals surface area contributed by atoms with Crippen molar-refractivity contribution in [3.05, 3.63) is 41.3 Å². The normalized spacial score (nSPS) is 22.1. The van der Waals surface area contributed by atoms with E-state index in [-0.39, 0.29) is 17.6 Å². The average molecular weight is 384 g/mol. The smallest absolute Gasteiger partial charge is 0.225 e. The first-order valence-electron chi connectivity index (χ1n) is 10.7. The van der Waals surface area contributed by atoms with Gasteiger partial charge in [0.1, 0.15) is 5.82 Å². The molecular weight excluding hydrogens is 355 g/mol. The summed E-state index contributed by atoms with van der Waals surface area (Å²) >= 11 is 0. The summed E-state index contributed by atoms with van der Waals surface area (Å²) in [7, 11) is 0. The van der Waals surface area contributed by atoms with Crippen LogP contribution in [0.15, 0.2) is 28.8 Å². The number of carbonyl (C=O) groups excluding carboxylic acids is 1. The highest BCUT2D eigenvalue weighted by Gasteiger charge is 2.33. The van der Waals surface area contributed by atoms with Crippen LogP contribution in [0.5, 0.6) is 0 Å².